The zero-order valence-corrected chi connectivity index (χ0v) is 10.7. The van der Waals surface area contributed by atoms with Crippen LogP contribution in [0.3, 0.4) is 0 Å². The summed E-state index contributed by atoms with van der Waals surface area (Å²) in [5.41, 5.74) is 2.04. The molecular formula is C12H9F3N2OS. The van der Waals surface area contributed by atoms with Crippen LogP contribution in [0.4, 0.5) is 13.2 Å². The number of hydrogen-bond acceptors (Lipinski definition) is 3. The van der Waals surface area contributed by atoms with Gasteiger partial charge in [0.25, 0.3) is 5.91 Å². The van der Waals surface area contributed by atoms with Crippen molar-refractivity contribution in [2.45, 2.75) is 6.54 Å². The highest BCUT2D eigenvalue weighted by atomic mass is 32.1. The van der Waals surface area contributed by atoms with Gasteiger partial charge < -0.3 is 4.90 Å². The van der Waals surface area contributed by atoms with Crippen molar-refractivity contribution >= 4 is 17.2 Å². The molecule has 19 heavy (non-hydrogen) atoms. The van der Waals surface area contributed by atoms with Crippen molar-refractivity contribution < 1.29 is 18.0 Å². The number of benzene rings is 1. The fourth-order valence-corrected chi connectivity index (χ4v) is 2.08. The van der Waals surface area contributed by atoms with Gasteiger partial charge in [-0.25, -0.2) is 18.2 Å². The van der Waals surface area contributed by atoms with E-state index in [1.54, 1.807) is 10.9 Å². The third-order valence-corrected chi connectivity index (χ3v) is 3.10. The molecule has 0 spiro atoms. The van der Waals surface area contributed by atoms with Crippen molar-refractivity contribution in [2.75, 3.05) is 7.05 Å². The smallest absolute Gasteiger partial charge is 0.254 e. The molecule has 0 fully saturated rings. The van der Waals surface area contributed by atoms with Gasteiger partial charge in [0.15, 0.2) is 17.5 Å². The van der Waals surface area contributed by atoms with Gasteiger partial charge in [-0.3, -0.25) is 4.79 Å². The fourth-order valence-electron chi connectivity index (χ4n) is 1.53. The van der Waals surface area contributed by atoms with Crippen molar-refractivity contribution in [3.8, 4) is 0 Å². The normalized spacial score (nSPS) is 10.5. The zero-order valence-electron chi connectivity index (χ0n) is 9.86. The summed E-state index contributed by atoms with van der Waals surface area (Å²) in [4.78, 5) is 17.2. The van der Waals surface area contributed by atoms with Crippen LogP contribution in [-0.2, 0) is 6.54 Å². The third-order valence-electron chi connectivity index (χ3n) is 2.46. The van der Waals surface area contributed by atoms with Crippen molar-refractivity contribution in [3.63, 3.8) is 0 Å². The highest BCUT2D eigenvalue weighted by Gasteiger charge is 2.18. The molecule has 0 atom stereocenters. The topological polar surface area (TPSA) is 33.2 Å². The number of rotatable bonds is 3. The molecule has 0 N–H and O–H groups in total. The molecule has 1 aromatic carbocycles. The Balaban J connectivity index is 2.19. The van der Waals surface area contributed by atoms with Gasteiger partial charge in [0.05, 0.1) is 17.7 Å². The maximum Gasteiger partial charge on any atom is 0.254 e. The van der Waals surface area contributed by atoms with Crippen LogP contribution in [0, 0.1) is 17.5 Å². The quantitative estimate of drug-likeness (QED) is 0.813. The minimum atomic E-state index is -1.58. The molecule has 0 aliphatic rings. The first-order chi connectivity index (χ1) is 8.99. The van der Waals surface area contributed by atoms with Gasteiger partial charge in [-0.15, -0.1) is 11.3 Å². The van der Waals surface area contributed by atoms with Gasteiger partial charge in [-0.05, 0) is 12.1 Å². The van der Waals surface area contributed by atoms with Crippen molar-refractivity contribution in [1.29, 1.82) is 0 Å². The number of thiazole rings is 1. The molecule has 3 nitrogen and oxygen atoms in total. The summed E-state index contributed by atoms with van der Waals surface area (Å²) in [7, 11) is 1.47. The number of carbonyl (C=O) groups excluding carboxylic acids is 1. The summed E-state index contributed by atoms with van der Waals surface area (Å²) in [6.07, 6.45) is 0. The Morgan fingerprint density at radius 3 is 2.47 bits per heavy atom. The molecule has 0 aliphatic carbocycles. The lowest BCUT2D eigenvalue weighted by Crippen LogP contribution is -2.26. The number of hydrogen-bond donors (Lipinski definition) is 0. The van der Waals surface area contributed by atoms with Gasteiger partial charge in [0.2, 0.25) is 0 Å². The Morgan fingerprint density at radius 2 is 1.95 bits per heavy atom. The summed E-state index contributed by atoms with van der Waals surface area (Å²) in [6.45, 7) is 0.211. The van der Waals surface area contributed by atoms with E-state index in [9.17, 15) is 18.0 Å². The summed E-state index contributed by atoms with van der Waals surface area (Å²) in [6, 6.07) is 1.36. The lowest BCUT2D eigenvalue weighted by Gasteiger charge is -2.16. The largest absolute Gasteiger partial charge is 0.336 e. The van der Waals surface area contributed by atoms with E-state index in [1.165, 1.54) is 23.3 Å². The minimum Gasteiger partial charge on any atom is -0.336 e. The second kappa shape index (κ2) is 5.40. The zero-order chi connectivity index (χ0) is 14.0. The molecule has 1 amide bonds. The standard InChI is InChI=1S/C12H9F3N2OS/c1-17(4-8-5-19-6-16-8)12(18)7-2-9(13)11(15)10(14)3-7/h2-3,5-6H,4H2,1H3. The van der Waals surface area contributed by atoms with E-state index in [0.717, 1.165) is 0 Å². The van der Waals surface area contributed by atoms with E-state index in [-0.39, 0.29) is 12.1 Å². The summed E-state index contributed by atoms with van der Waals surface area (Å²) < 4.78 is 38.9. The highest BCUT2D eigenvalue weighted by molar-refractivity contribution is 7.07. The number of aromatic nitrogens is 1. The van der Waals surface area contributed by atoms with Crippen LogP contribution in [0.5, 0.6) is 0 Å². The van der Waals surface area contributed by atoms with Gasteiger partial charge in [-0.2, -0.15) is 0 Å². The highest BCUT2D eigenvalue weighted by Crippen LogP contribution is 2.15. The average Bonchev–Trinajstić information content (AvgIpc) is 2.87. The molecule has 0 saturated heterocycles. The number of amides is 1. The summed E-state index contributed by atoms with van der Waals surface area (Å²) >= 11 is 1.38. The Labute approximate surface area is 111 Å². The van der Waals surface area contributed by atoms with Gasteiger partial charge in [-0.1, -0.05) is 0 Å². The van der Waals surface area contributed by atoms with Crippen LogP contribution in [0.1, 0.15) is 16.1 Å². The summed E-state index contributed by atoms with van der Waals surface area (Å²) in [5.74, 6) is -4.96. The molecule has 0 radical (unpaired) electrons. The summed E-state index contributed by atoms with van der Waals surface area (Å²) in [5, 5.41) is 1.76. The van der Waals surface area contributed by atoms with E-state index in [4.69, 9.17) is 0 Å². The van der Waals surface area contributed by atoms with Crippen molar-refractivity contribution in [3.05, 3.63) is 51.7 Å². The third kappa shape index (κ3) is 2.93. The molecule has 0 aliphatic heterocycles. The van der Waals surface area contributed by atoms with Gasteiger partial charge >= 0.3 is 0 Å². The van der Waals surface area contributed by atoms with Crippen LogP contribution in [0.2, 0.25) is 0 Å². The SMILES string of the molecule is CN(Cc1cscn1)C(=O)c1cc(F)c(F)c(F)c1. The molecule has 7 heteroatoms. The van der Waals surface area contributed by atoms with E-state index < -0.39 is 23.4 Å². The Hall–Kier alpha value is -1.89. The number of carbonyl (C=O) groups is 1. The van der Waals surface area contributed by atoms with E-state index in [0.29, 0.717) is 17.8 Å². The van der Waals surface area contributed by atoms with E-state index in [2.05, 4.69) is 4.98 Å². The Bertz CT molecular complexity index is 578. The maximum atomic E-state index is 13.0. The van der Waals surface area contributed by atoms with Crippen LogP contribution in [0.25, 0.3) is 0 Å². The number of nitrogens with zero attached hydrogens (tertiary/aromatic N) is 2. The lowest BCUT2D eigenvalue weighted by atomic mass is 10.2. The Kier molecular flexibility index (Phi) is 3.84. The lowest BCUT2D eigenvalue weighted by molar-refractivity contribution is 0.0782. The Morgan fingerprint density at radius 1 is 1.32 bits per heavy atom. The van der Waals surface area contributed by atoms with Crippen LogP contribution in [-0.4, -0.2) is 22.8 Å². The molecule has 100 valence electrons. The molecule has 1 aromatic heterocycles. The molecule has 2 aromatic rings. The van der Waals surface area contributed by atoms with Gasteiger partial charge in [0, 0.05) is 18.0 Å². The maximum absolute atomic E-state index is 13.0. The molecular weight excluding hydrogens is 277 g/mol. The second-order valence-electron chi connectivity index (χ2n) is 3.89. The van der Waals surface area contributed by atoms with Gasteiger partial charge in [0.1, 0.15) is 0 Å². The molecule has 0 bridgehead atoms. The van der Waals surface area contributed by atoms with Crippen LogP contribution < -0.4 is 0 Å². The van der Waals surface area contributed by atoms with Crippen molar-refractivity contribution in [1.82, 2.24) is 9.88 Å². The molecule has 0 saturated carbocycles. The fraction of sp³-hybridized carbons (Fsp3) is 0.167. The molecule has 0 unspecified atom stereocenters. The molecule has 2 rings (SSSR count). The second-order valence-corrected chi connectivity index (χ2v) is 4.61. The predicted octanol–water partition coefficient (Wildman–Crippen LogP) is 2.83. The predicted molar refractivity (Wildman–Crippen MR) is 64.2 cm³/mol. The first-order valence-corrected chi connectivity index (χ1v) is 6.20. The molecule has 1 heterocycles. The van der Waals surface area contributed by atoms with E-state index >= 15 is 0 Å². The minimum absolute atomic E-state index is 0.211. The van der Waals surface area contributed by atoms with E-state index in [1.807, 2.05) is 0 Å². The van der Waals surface area contributed by atoms with Crippen molar-refractivity contribution in [2.24, 2.45) is 0 Å². The average molecular weight is 286 g/mol. The first-order valence-electron chi connectivity index (χ1n) is 5.26. The monoisotopic (exact) mass is 286 g/mol. The van der Waals surface area contributed by atoms with Crippen LogP contribution >= 0.6 is 11.3 Å². The first kappa shape index (κ1) is 13.5. The van der Waals surface area contributed by atoms with Crippen LogP contribution in [0.15, 0.2) is 23.0 Å². The number of halogens is 3.